The second-order valence-corrected chi connectivity index (χ2v) is 5.49. The van der Waals surface area contributed by atoms with Crippen molar-refractivity contribution in [2.75, 3.05) is 13.1 Å². The fourth-order valence-electron chi connectivity index (χ4n) is 1.76. The van der Waals surface area contributed by atoms with Crippen molar-refractivity contribution in [1.29, 1.82) is 0 Å². The summed E-state index contributed by atoms with van der Waals surface area (Å²) in [4.78, 5) is 11.9. The van der Waals surface area contributed by atoms with Crippen molar-refractivity contribution < 1.29 is 9.21 Å². The molecule has 0 aliphatic rings. The average molecular weight is 325 g/mol. The van der Waals surface area contributed by atoms with Gasteiger partial charge in [0.2, 0.25) is 0 Å². The molecule has 0 unspecified atom stereocenters. The number of furan rings is 1. The largest absolute Gasteiger partial charge is 0.450 e. The third-order valence-electron chi connectivity index (χ3n) is 2.68. The van der Waals surface area contributed by atoms with E-state index < -0.39 is 0 Å². The summed E-state index contributed by atoms with van der Waals surface area (Å²) in [5.41, 5.74) is 0.702. The first-order valence-corrected chi connectivity index (χ1v) is 7.07. The molecule has 0 aliphatic carbocycles. The van der Waals surface area contributed by atoms with Crippen LogP contribution in [0, 0.1) is 0 Å². The van der Waals surface area contributed by atoms with Crippen LogP contribution < -0.4 is 10.6 Å². The highest BCUT2D eigenvalue weighted by Gasteiger charge is 2.12. The van der Waals surface area contributed by atoms with Crippen LogP contribution >= 0.6 is 15.9 Å². The summed E-state index contributed by atoms with van der Waals surface area (Å²) in [5.74, 6) is 0.153. The van der Waals surface area contributed by atoms with Crippen LogP contribution in [0.4, 0.5) is 0 Å². The van der Waals surface area contributed by atoms with E-state index in [0.717, 1.165) is 16.4 Å². The molecule has 0 radical (unpaired) electrons. The van der Waals surface area contributed by atoms with Gasteiger partial charge in [0.05, 0.1) is 4.47 Å². The quantitative estimate of drug-likeness (QED) is 0.831. The van der Waals surface area contributed by atoms with Crippen molar-refractivity contribution in [2.45, 2.75) is 19.9 Å². The smallest absolute Gasteiger partial charge is 0.287 e. The molecule has 0 spiro atoms. The molecule has 2 N–H and O–H groups in total. The van der Waals surface area contributed by atoms with Crippen LogP contribution in [0.5, 0.6) is 0 Å². The van der Waals surface area contributed by atoms with Gasteiger partial charge in [0.25, 0.3) is 5.91 Å². The fraction of sp³-hybridized carbons (Fsp3) is 0.357. The molecule has 1 heterocycles. The van der Waals surface area contributed by atoms with Gasteiger partial charge in [-0.05, 0) is 28.1 Å². The summed E-state index contributed by atoms with van der Waals surface area (Å²) in [6.45, 7) is 5.46. The predicted octanol–water partition coefficient (Wildman–Crippen LogP) is 2.92. The Labute approximate surface area is 120 Å². The highest BCUT2D eigenvalue weighted by atomic mass is 79.9. The summed E-state index contributed by atoms with van der Waals surface area (Å²) in [5, 5.41) is 6.98. The monoisotopic (exact) mass is 324 g/mol. The minimum atomic E-state index is -0.186. The van der Waals surface area contributed by atoms with E-state index in [-0.39, 0.29) is 5.91 Å². The molecule has 1 amide bonds. The Balaban J connectivity index is 2.00. The summed E-state index contributed by atoms with van der Waals surface area (Å²) in [7, 11) is 0. The summed E-state index contributed by atoms with van der Waals surface area (Å²) < 4.78 is 6.41. The maximum Gasteiger partial charge on any atom is 0.287 e. The molecule has 0 bridgehead atoms. The van der Waals surface area contributed by atoms with Crippen LogP contribution in [-0.2, 0) is 0 Å². The zero-order chi connectivity index (χ0) is 13.8. The summed E-state index contributed by atoms with van der Waals surface area (Å²) >= 11 is 3.40. The van der Waals surface area contributed by atoms with Crippen LogP contribution in [0.1, 0.15) is 24.4 Å². The second kappa shape index (κ2) is 6.21. The van der Waals surface area contributed by atoms with Crippen LogP contribution in [0.15, 0.2) is 33.2 Å². The van der Waals surface area contributed by atoms with Crippen LogP contribution in [0.2, 0.25) is 0 Å². The van der Waals surface area contributed by atoms with E-state index in [1.165, 1.54) is 0 Å². The number of carbonyl (C=O) groups is 1. The molecular weight excluding hydrogens is 308 g/mol. The first-order valence-electron chi connectivity index (χ1n) is 6.27. The van der Waals surface area contributed by atoms with Crippen LogP contribution in [0.25, 0.3) is 11.0 Å². The van der Waals surface area contributed by atoms with E-state index in [2.05, 4.69) is 40.4 Å². The van der Waals surface area contributed by atoms with E-state index in [1.807, 2.05) is 18.2 Å². The normalized spacial score (nSPS) is 11.2. The number of hydrogen-bond donors (Lipinski definition) is 2. The molecule has 2 aromatic rings. The molecule has 102 valence electrons. The summed E-state index contributed by atoms with van der Waals surface area (Å²) in [6, 6.07) is 7.89. The average Bonchev–Trinajstić information content (AvgIpc) is 2.79. The molecule has 1 aromatic carbocycles. The first-order chi connectivity index (χ1) is 9.08. The lowest BCUT2D eigenvalue weighted by molar-refractivity contribution is 0.0928. The predicted molar refractivity (Wildman–Crippen MR) is 79.4 cm³/mol. The SMILES string of the molecule is CC(C)NCCNC(=O)c1cc2cccc(Br)c2o1. The van der Waals surface area contributed by atoms with E-state index >= 15 is 0 Å². The number of rotatable bonds is 5. The van der Waals surface area contributed by atoms with Crippen molar-refractivity contribution >= 4 is 32.8 Å². The van der Waals surface area contributed by atoms with Crippen molar-refractivity contribution in [3.8, 4) is 0 Å². The molecule has 4 nitrogen and oxygen atoms in total. The Morgan fingerprint density at radius 3 is 2.84 bits per heavy atom. The van der Waals surface area contributed by atoms with Gasteiger partial charge in [-0.15, -0.1) is 0 Å². The Bertz CT molecular complexity index is 578. The number of halogens is 1. The van der Waals surface area contributed by atoms with Gasteiger partial charge in [-0.1, -0.05) is 26.0 Å². The molecular formula is C14H17BrN2O2. The number of para-hydroxylation sites is 1. The minimum absolute atomic E-state index is 0.186. The fourth-order valence-corrected chi connectivity index (χ4v) is 2.23. The zero-order valence-corrected chi connectivity index (χ0v) is 12.6. The molecule has 0 saturated carbocycles. The van der Waals surface area contributed by atoms with Gasteiger partial charge in [0, 0.05) is 24.5 Å². The van der Waals surface area contributed by atoms with E-state index in [1.54, 1.807) is 6.07 Å². The molecule has 0 fully saturated rings. The molecule has 0 saturated heterocycles. The third kappa shape index (κ3) is 3.58. The van der Waals surface area contributed by atoms with Crippen molar-refractivity contribution in [1.82, 2.24) is 10.6 Å². The van der Waals surface area contributed by atoms with Crippen LogP contribution in [-0.4, -0.2) is 25.0 Å². The number of hydrogen-bond acceptors (Lipinski definition) is 3. The van der Waals surface area contributed by atoms with Crippen molar-refractivity contribution in [2.24, 2.45) is 0 Å². The number of amides is 1. The van der Waals surface area contributed by atoms with Crippen LogP contribution in [0.3, 0.4) is 0 Å². The van der Waals surface area contributed by atoms with Crippen molar-refractivity contribution in [3.05, 3.63) is 34.5 Å². The lowest BCUT2D eigenvalue weighted by atomic mass is 10.2. The third-order valence-corrected chi connectivity index (χ3v) is 3.31. The van der Waals surface area contributed by atoms with E-state index in [0.29, 0.717) is 23.9 Å². The van der Waals surface area contributed by atoms with Gasteiger partial charge < -0.3 is 15.1 Å². The van der Waals surface area contributed by atoms with Gasteiger partial charge in [-0.3, -0.25) is 4.79 Å². The van der Waals surface area contributed by atoms with Crippen molar-refractivity contribution in [3.63, 3.8) is 0 Å². The number of fused-ring (bicyclic) bond motifs is 1. The molecule has 2 rings (SSSR count). The number of carbonyl (C=O) groups excluding carboxylic acids is 1. The van der Waals surface area contributed by atoms with Gasteiger partial charge in [-0.2, -0.15) is 0 Å². The summed E-state index contributed by atoms with van der Waals surface area (Å²) in [6.07, 6.45) is 0. The topological polar surface area (TPSA) is 54.3 Å². The minimum Gasteiger partial charge on any atom is -0.450 e. The maximum absolute atomic E-state index is 11.9. The maximum atomic E-state index is 11.9. The lowest BCUT2D eigenvalue weighted by Gasteiger charge is -2.07. The lowest BCUT2D eigenvalue weighted by Crippen LogP contribution is -2.34. The highest BCUT2D eigenvalue weighted by molar-refractivity contribution is 9.10. The van der Waals surface area contributed by atoms with Gasteiger partial charge in [-0.25, -0.2) is 0 Å². The molecule has 5 heteroatoms. The Kier molecular flexibility index (Phi) is 4.61. The molecule has 0 aliphatic heterocycles. The number of nitrogens with one attached hydrogen (secondary N) is 2. The Hall–Kier alpha value is -1.33. The molecule has 0 atom stereocenters. The Morgan fingerprint density at radius 2 is 2.16 bits per heavy atom. The molecule has 1 aromatic heterocycles. The molecule has 19 heavy (non-hydrogen) atoms. The van der Waals surface area contributed by atoms with Gasteiger partial charge >= 0.3 is 0 Å². The second-order valence-electron chi connectivity index (χ2n) is 4.63. The zero-order valence-electron chi connectivity index (χ0n) is 11.0. The standard InChI is InChI=1S/C14H17BrN2O2/c1-9(2)16-6-7-17-14(18)12-8-10-4-3-5-11(15)13(10)19-12/h3-5,8-9,16H,6-7H2,1-2H3,(H,17,18). The first kappa shape index (κ1) is 14.1. The highest BCUT2D eigenvalue weighted by Crippen LogP contribution is 2.26. The van der Waals surface area contributed by atoms with Gasteiger partial charge in [0.1, 0.15) is 5.58 Å². The Morgan fingerprint density at radius 1 is 1.37 bits per heavy atom. The van der Waals surface area contributed by atoms with E-state index in [4.69, 9.17) is 4.42 Å². The number of benzene rings is 1. The van der Waals surface area contributed by atoms with Gasteiger partial charge in [0.15, 0.2) is 5.76 Å². The van der Waals surface area contributed by atoms with E-state index in [9.17, 15) is 4.79 Å².